The highest BCUT2D eigenvalue weighted by atomic mass is 32.1. The quantitative estimate of drug-likeness (QED) is 0.560. The number of aliphatic imine (C=N–C) groups is 1. The van der Waals surface area contributed by atoms with Crippen molar-refractivity contribution >= 4 is 27.5 Å². The van der Waals surface area contributed by atoms with E-state index in [-0.39, 0.29) is 0 Å². The molecule has 1 aliphatic heterocycles. The molecule has 0 saturated carbocycles. The lowest BCUT2D eigenvalue weighted by molar-refractivity contribution is 0.230. The highest BCUT2D eigenvalue weighted by Gasteiger charge is 2.40. The van der Waals surface area contributed by atoms with Crippen LogP contribution in [0.2, 0.25) is 0 Å². The lowest BCUT2D eigenvalue weighted by Gasteiger charge is -2.24. The fourth-order valence-electron chi connectivity index (χ4n) is 3.17. The Morgan fingerprint density at radius 1 is 1.08 bits per heavy atom. The van der Waals surface area contributed by atoms with Gasteiger partial charge in [0, 0.05) is 0 Å². The minimum atomic E-state index is -0.540. The van der Waals surface area contributed by atoms with Crippen LogP contribution in [0.4, 0.5) is 0 Å². The van der Waals surface area contributed by atoms with Gasteiger partial charge in [0.05, 0.1) is 16.8 Å². The maximum absolute atomic E-state index is 6.02. The number of benzene rings is 2. The largest absolute Gasteiger partial charge is 0.473 e. The van der Waals surface area contributed by atoms with Crippen LogP contribution in [-0.4, -0.2) is 32.3 Å². The van der Waals surface area contributed by atoms with Gasteiger partial charge in [-0.2, -0.15) is 5.10 Å². The van der Waals surface area contributed by atoms with Crippen molar-refractivity contribution in [2.24, 2.45) is 4.99 Å². The summed E-state index contributed by atoms with van der Waals surface area (Å²) in [7, 11) is 0. The molecule has 2 aromatic carbocycles. The smallest absolute Gasteiger partial charge is 0.247 e. The summed E-state index contributed by atoms with van der Waals surface area (Å²) in [4.78, 5) is 13.7. The van der Waals surface area contributed by atoms with Crippen LogP contribution in [0.15, 0.2) is 72.2 Å². The molecular weight excluding hydrogens is 346 g/mol. The van der Waals surface area contributed by atoms with E-state index in [2.05, 4.69) is 33.3 Å². The zero-order valence-electron chi connectivity index (χ0n) is 13.8. The monoisotopic (exact) mass is 361 g/mol. The summed E-state index contributed by atoms with van der Waals surface area (Å²) in [5.74, 6) is 0.593. The van der Waals surface area contributed by atoms with Crippen molar-refractivity contribution in [2.45, 2.75) is 12.1 Å². The zero-order chi connectivity index (χ0) is 17.4. The average molecular weight is 361 g/mol. The van der Waals surface area contributed by atoms with Crippen molar-refractivity contribution in [3.63, 3.8) is 0 Å². The van der Waals surface area contributed by atoms with Gasteiger partial charge in [-0.3, -0.25) is 4.68 Å². The molecule has 0 radical (unpaired) electrons. The van der Waals surface area contributed by atoms with Gasteiger partial charge in [0.25, 0.3) is 0 Å². The molecule has 1 atom stereocenters. The van der Waals surface area contributed by atoms with Crippen LogP contribution in [-0.2, 0) is 16.8 Å². The summed E-state index contributed by atoms with van der Waals surface area (Å²) in [5.41, 5.74) is 1.51. The van der Waals surface area contributed by atoms with Crippen LogP contribution >= 0.6 is 11.3 Å². The standard InChI is InChI=1S/C19H15N5OS/c1-2-6-14(7-3-1)19(10-24-13-20-12-21-24)11-25-17(23-19)18-22-15-8-4-5-9-16(15)26-18/h1-9,12-13H,10-11H2. The second kappa shape index (κ2) is 6.03. The fourth-order valence-corrected chi connectivity index (χ4v) is 4.08. The predicted octanol–water partition coefficient (Wildman–Crippen LogP) is 3.26. The Hall–Kier alpha value is -3.06. The van der Waals surface area contributed by atoms with E-state index >= 15 is 0 Å². The van der Waals surface area contributed by atoms with Gasteiger partial charge < -0.3 is 4.74 Å². The van der Waals surface area contributed by atoms with E-state index < -0.39 is 5.54 Å². The molecule has 0 saturated heterocycles. The van der Waals surface area contributed by atoms with Crippen molar-refractivity contribution in [2.75, 3.05) is 6.61 Å². The van der Waals surface area contributed by atoms with Crippen LogP contribution < -0.4 is 0 Å². The Kier molecular flexibility index (Phi) is 3.53. The van der Waals surface area contributed by atoms with Gasteiger partial charge in [-0.15, -0.1) is 11.3 Å². The predicted molar refractivity (Wildman–Crippen MR) is 100 cm³/mol. The second-order valence-corrected chi connectivity index (χ2v) is 7.21. The van der Waals surface area contributed by atoms with Crippen LogP contribution in [0.5, 0.6) is 0 Å². The highest BCUT2D eigenvalue weighted by Crippen LogP contribution is 2.35. The maximum Gasteiger partial charge on any atom is 0.247 e. The zero-order valence-corrected chi connectivity index (χ0v) is 14.6. The molecular formula is C19H15N5OS. The Balaban J connectivity index is 1.59. The molecule has 0 aliphatic carbocycles. The fraction of sp³-hybridized carbons (Fsp3) is 0.158. The molecule has 0 bridgehead atoms. The first-order valence-electron chi connectivity index (χ1n) is 8.29. The topological polar surface area (TPSA) is 65.2 Å². The van der Waals surface area contributed by atoms with Crippen molar-refractivity contribution in [3.05, 3.63) is 77.8 Å². The first kappa shape index (κ1) is 15.2. The molecule has 0 fully saturated rings. The summed E-state index contributed by atoms with van der Waals surface area (Å²) >= 11 is 1.60. The normalized spacial score (nSPS) is 19.5. The second-order valence-electron chi connectivity index (χ2n) is 6.18. The number of nitrogens with zero attached hydrogens (tertiary/aromatic N) is 5. The van der Waals surface area contributed by atoms with E-state index in [1.54, 1.807) is 22.3 Å². The van der Waals surface area contributed by atoms with Gasteiger partial charge in [-0.1, -0.05) is 42.5 Å². The van der Waals surface area contributed by atoms with E-state index in [0.717, 1.165) is 20.8 Å². The molecule has 4 aromatic rings. The molecule has 0 spiro atoms. The first-order valence-corrected chi connectivity index (χ1v) is 9.11. The Bertz CT molecular complexity index is 1040. The summed E-state index contributed by atoms with van der Waals surface area (Å²) in [6.07, 6.45) is 3.24. The number of rotatable bonds is 4. The van der Waals surface area contributed by atoms with Crippen LogP contribution in [0.3, 0.4) is 0 Å². The van der Waals surface area contributed by atoms with Crippen LogP contribution in [0.25, 0.3) is 10.2 Å². The van der Waals surface area contributed by atoms with E-state index in [0.29, 0.717) is 19.0 Å². The van der Waals surface area contributed by atoms with Gasteiger partial charge in [-0.25, -0.2) is 15.0 Å². The maximum atomic E-state index is 6.02. The van der Waals surface area contributed by atoms with E-state index in [1.807, 2.05) is 36.4 Å². The van der Waals surface area contributed by atoms with E-state index in [4.69, 9.17) is 9.73 Å². The summed E-state index contributed by atoms with van der Waals surface area (Å²) in [6, 6.07) is 18.3. The van der Waals surface area contributed by atoms with Crippen molar-refractivity contribution in [1.82, 2.24) is 19.7 Å². The van der Waals surface area contributed by atoms with Gasteiger partial charge in [0.1, 0.15) is 24.8 Å². The Morgan fingerprint density at radius 2 is 1.92 bits per heavy atom. The van der Waals surface area contributed by atoms with Gasteiger partial charge in [-0.05, 0) is 17.7 Å². The van der Waals surface area contributed by atoms with Crippen molar-refractivity contribution < 1.29 is 4.74 Å². The summed E-state index contributed by atoms with van der Waals surface area (Å²) in [6.45, 7) is 1.01. The molecule has 2 aromatic heterocycles. The van der Waals surface area contributed by atoms with Gasteiger partial charge in [0.15, 0.2) is 5.01 Å². The SMILES string of the molecule is c1ccc(C2(Cn3cncn3)COC(c3nc4ccccc4s3)=N2)cc1. The third-order valence-corrected chi connectivity index (χ3v) is 5.47. The van der Waals surface area contributed by atoms with Crippen LogP contribution in [0, 0.1) is 0 Å². The number of thiazole rings is 1. The Morgan fingerprint density at radius 3 is 2.73 bits per heavy atom. The highest BCUT2D eigenvalue weighted by molar-refractivity contribution is 7.20. The number of fused-ring (bicyclic) bond motifs is 1. The molecule has 1 unspecified atom stereocenters. The minimum Gasteiger partial charge on any atom is -0.473 e. The number of ether oxygens (including phenoxy) is 1. The van der Waals surface area contributed by atoms with Gasteiger partial charge in [0.2, 0.25) is 5.90 Å². The van der Waals surface area contributed by atoms with Crippen molar-refractivity contribution in [1.29, 1.82) is 0 Å². The van der Waals surface area contributed by atoms with E-state index in [1.165, 1.54) is 6.33 Å². The number of aromatic nitrogens is 4. The average Bonchev–Trinajstić information content (AvgIpc) is 3.42. The van der Waals surface area contributed by atoms with E-state index in [9.17, 15) is 0 Å². The summed E-state index contributed by atoms with van der Waals surface area (Å²) < 4.78 is 8.94. The molecule has 5 rings (SSSR count). The first-order chi connectivity index (χ1) is 12.8. The third-order valence-electron chi connectivity index (χ3n) is 4.44. The lowest BCUT2D eigenvalue weighted by Crippen LogP contribution is -2.31. The van der Waals surface area contributed by atoms with Crippen LogP contribution in [0.1, 0.15) is 10.6 Å². The van der Waals surface area contributed by atoms with Gasteiger partial charge >= 0.3 is 0 Å². The molecule has 6 nitrogen and oxygen atoms in total. The molecule has 128 valence electrons. The number of hydrogen-bond donors (Lipinski definition) is 0. The molecule has 26 heavy (non-hydrogen) atoms. The molecule has 3 heterocycles. The minimum absolute atomic E-state index is 0.447. The molecule has 0 amide bonds. The number of hydrogen-bond acceptors (Lipinski definition) is 6. The third kappa shape index (κ3) is 2.57. The molecule has 0 N–H and O–H groups in total. The lowest BCUT2D eigenvalue weighted by atomic mass is 9.92. The molecule has 7 heteroatoms. The number of para-hydroxylation sites is 1. The van der Waals surface area contributed by atoms with Crippen molar-refractivity contribution in [3.8, 4) is 0 Å². The molecule has 1 aliphatic rings. The Labute approximate surface area is 153 Å². The summed E-state index contributed by atoms with van der Waals surface area (Å²) in [5, 5.41) is 5.06.